The van der Waals surface area contributed by atoms with Crippen LogP contribution in [0.4, 0.5) is 0 Å². The van der Waals surface area contributed by atoms with Gasteiger partial charge in [0.15, 0.2) is 0 Å². The van der Waals surface area contributed by atoms with Crippen molar-refractivity contribution in [1.29, 1.82) is 0 Å². The Labute approximate surface area is 122 Å². The van der Waals surface area contributed by atoms with Gasteiger partial charge in [0.2, 0.25) is 0 Å². The van der Waals surface area contributed by atoms with Gasteiger partial charge in [-0.2, -0.15) is 0 Å². The molecule has 2 aromatic rings. The Hall–Kier alpha value is -1.65. The monoisotopic (exact) mass is 289 g/mol. The highest BCUT2D eigenvalue weighted by Gasteiger charge is 2.22. The van der Waals surface area contributed by atoms with E-state index in [0.29, 0.717) is 10.8 Å². The van der Waals surface area contributed by atoms with Crippen LogP contribution in [0.5, 0.6) is 0 Å². The summed E-state index contributed by atoms with van der Waals surface area (Å²) in [7, 11) is 2.05. The molecule has 0 spiro atoms. The summed E-state index contributed by atoms with van der Waals surface area (Å²) >= 11 is 6.15. The number of hydrogen-bond donors (Lipinski definition) is 1. The molecule has 1 saturated heterocycles. The first-order chi connectivity index (χ1) is 9.63. The zero-order valence-corrected chi connectivity index (χ0v) is 12.0. The van der Waals surface area contributed by atoms with Crippen LogP contribution in [0.25, 0.3) is 10.8 Å². The Balaban J connectivity index is 1.84. The molecule has 1 aromatic carbocycles. The van der Waals surface area contributed by atoms with Crippen molar-refractivity contribution in [3.8, 4) is 0 Å². The molecule has 0 radical (unpaired) electrons. The van der Waals surface area contributed by atoms with Gasteiger partial charge in [-0.1, -0.05) is 35.9 Å². The number of carbonyl (C=O) groups excluding carboxylic acids is 1. The summed E-state index contributed by atoms with van der Waals surface area (Å²) in [5.41, 5.74) is 0.378. The molecule has 20 heavy (non-hydrogen) atoms. The first-order valence-corrected chi connectivity index (χ1v) is 7.06. The van der Waals surface area contributed by atoms with Crippen molar-refractivity contribution in [2.24, 2.45) is 0 Å². The number of amides is 1. The van der Waals surface area contributed by atoms with E-state index in [1.54, 1.807) is 6.07 Å². The molecular formula is C15H16ClN3O. The van der Waals surface area contributed by atoms with Gasteiger partial charge in [0.25, 0.3) is 5.91 Å². The van der Waals surface area contributed by atoms with E-state index in [2.05, 4.69) is 22.2 Å². The fourth-order valence-corrected chi connectivity index (χ4v) is 2.85. The maximum atomic E-state index is 12.3. The van der Waals surface area contributed by atoms with Crippen molar-refractivity contribution >= 4 is 28.3 Å². The van der Waals surface area contributed by atoms with Crippen molar-refractivity contribution in [1.82, 2.24) is 15.2 Å². The van der Waals surface area contributed by atoms with E-state index in [1.807, 2.05) is 24.3 Å². The fourth-order valence-electron chi connectivity index (χ4n) is 2.58. The summed E-state index contributed by atoms with van der Waals surface area (Å²) in [5.74, 6) is -0.155. The van der Waals surface area contributed by atoms with E-state index in [1.165, 1.54) is 0 Å². The van der Waals surface area contributed by atoms with Gasteiger partial charge in [-0.25, -0.2) is 4.98 Å². The second kappa shape index (κ2) is 5.38. The number of carbonyl (C=O) groups is 1. The van der Waals surface area contributed by atoms with Crippen LogP contribution in [-0.4, -0.2) is 42.0 Å². The lowest BCUT2D eigenvalue weighted by Gasteiger charge is -2.13. The Morgan fingerprint density at radius 3 is 3.00 bits per heavy atom. The van der Waals surface area contributed by atoms with E-state index in [9.17, 15) is 4.79 Å². The first-order valence-electron chi connectivity index (χ1n) is 6.68. The topological polar surface area (TPSA) is 45.2 Å². The van der Waals surface area contributed by atoms with Crippen LogP contribution in [0.2, 0.25) is 5.15 Å². The zero-order valence-electron chi connectivity index (χ0n) is 11.3. The summed E-state index contributed by atoms with van der Waals surface area (Å²) in [6.07, 6.45) is 0.976. The van der Waals surface area contributed by atoms with Gasteiger partial charge in [-0.3, -0.25) is 4.79 Å². The molecule has 3 rings (SSSR count). The summed E-state index contributed by atoms with van der Waals surface area (Å²) in [4.78, 5) is 18.7. The number of nitrogens with one attached hydrogen (secondary N) is 1. The zero-order chi connectivity index (χ0) is 14.1. The van der Waals surface area contributed by atoms with Gasteiger partial charge >= 0.3 is 0 Å². The van der Waals surface area contributed by atoms with Crippen molar-refractivity contribution in [2.45, 2.75) is 12.5 Å². The van der Waals surface area contributed by atoms with Crippen LogP contribution in [-0.2, 0) is 0 Å². The molecule has 2 heterocycles. The van der Waals surface area contributed by atoms with Gasteiger partial charge in [-0.15, -0.1) is 0 Å². The highest BCUT2D eigenvalue weighted by molar-refractivity contribution is 6.34. The van der Waals surface area contributed by atoms with Crippen LogP contribution in [0.15, 0.2) is 30.3 Å². The predicted molar refractivity (Wildman–Crippen MR) is 80.1 cm³/mol. The molecule has 1 aromatic heterocycles. The molecule has 5 heteroatoms. The molecule has 1 aliphatic heterocycles. The Bertz CT molecular complexity index is 659. The lowest BCUT2D eigenvalue weighted by molar-refractivity contribution is 0.0933. The van der Waals surface area contributed by atoms with Crippen LogP contribution < -0.4 is 5.32 Å². The first kappa shape index (κ1) is 13.3. The molecule has 1 fully saturated rings. The fraction of sp³-hybridized carbons (Fsp3) is 0.333. The molecule has 0 saturated carbocycles. The van der Waals surface area contributed by atoms with E-state index in [-0.39, 0.29) is 11.9 Å². The highest BCUT2D eigenvalue weighted by Crippen LogP contribution is 2.22. The molecule has 0 bridgehead atoms. The van der Waals surface area contributed by atoms with Gasteiger partial charge < -0.3 is 10.2 Å². The number of nitrogens with zero attached hydrogens (tertiary/aromatic N) is 2. The molecule has 1 atom stereocenters. The number of benzene rings is 1. The molecule has 1 aliphatic rings. The number of halogens is 1. The highest BCUT2D eigenvalue weighted by atomic mass is 35.5. The summed E-state index contributed by atoms with van der Waals surface area (Å²) < 4.78 is 0. The lowest BCUT2D eigenvalue weighted by Crippen LogP contribution is -2.36. The second-order valence-corrected chi connectivity index (χ2v) is 5.60. The Kier molecular flexibility index (Phi) is 3.59. The van der Waals surface area contributed by atoms with Crippen molar-refractivity contribution < 1.29 is 4.79 Å². The molecule has 0 aliphatic carbocycles. The third kappa shape index (κ3) is 2.62. The van der Waals surface area contributed by atoms with Crippen molar-refractivity contribution in [2.75, 3.05) is 20.1 Å². The van der Waals surface area contributed by atoms with Crippen LogP contribution >= 0.6 is 11.6 Å². The van der Waals surface area contributed by atoms with Crippen molar-refractivity contribution in [3.05, 3.63) is 41.2 Å². The van der Waals surface area contributed by atoms with Gasteiger partial charge in [0.05, 0.1) is 0 Å². The van der Waals surface area contributed by atoms with Crippen LogP contribution in [0.3, 0.4) is 0 Å². The minimum Gasteiger partial charge on any atom is -0.347 e. The predicted octanol–water partition coefficient (Wildman–Crippen LogP) is 2.32. The van der Waals surface area contributed by atoms with Gasteiger partial charge in [0, 0.05) is 18.0 Å². The van der Waals surface area contributed by atoms with Crippen LogP contribution in [0.1, 0.15) is 16.9 Å². The Morgan fingerprint density at radius 1 is 1.45 bits per heavy atom. The van der Waals surface area contributed by atoms with Crippen molar-refractivity contribution in [3.63, 3.8) is 0 Å². The van der Waals surface area contributed by atoms with E-state index in [0.717, 1.165) is 30.3 Å². The maximum Gasteiger partial charge on any atom is 0.270 e. The average molecular weight is 290 g/mol. The molecular weight excluding hydrogens is 274 g/mol. The number of likely N-dealkylation sites (tertiary alicyclic amines) is 1. The Morgan fingerprint density at radius 2 is 2.25 bits per heavy atom. The lowest BCUT2D eigenvalue weighted by atomic mass is 10.1. The van der Waals surface area contributed by atoms with Gasteiger partial charge in [-0.05, 0) is 31.5 Å². The third-order valence-corrected chi connectivity index (χ3v) is 3.94. The minimum atomic E-state index is -0.155. The number of likely N-dealkylation sites (N-methyl/N-ethyl adjacent to an activating group) is 1. The third-order valence-electron chi connectivity index (χ3n) is 3.65. The summed E-state index contributed by atoms with van der Waals surface area (Å²) in [6.45, 7) is 1.89. The molecule has 4 nitrogen and oxygen atoms in total. The standard InChI is InChI=1S/C15H16ClN3O/c1-19-7-6-11(9-19)17-15(20)13-8-10-4-2-3-5-12(10)14(16)18-13/h2-5,8,11H,6-7,9H2,1H3,(H,17,20). The SMILES string of the molecule is CN1CCC(NC(=O)c2cc3ccccc3c(Cl)n2)C1. The second-order valence-electron chi connectivity index (χ2n) is 5.24. The van der Waals surface area contributed by atoms with Gasteiger partial charge in [0.1, 0.15) is 10.8 Å². The molecule has 104 valence electrons. The van der Waals surface area contributed by atoms with E-state index < -0.39 is 0 Å². The molecule has 1 unspecified atom stereocenters. The largest absolute Gasteiger partial charge is 0.347 e. The number of pyridine rings is 1. The van der Waals surface area contributed by atoms with E-state index >= 15 is 0 Å². The quantitative estimate of drug-likeness (QED) is 0.863. The average Bonchev–Trinajstić information content (AvgIpc) is 2.84. The molecule has 1 amide bonds. The number of aromatic nitrogens is 1. The van der Waals surface area contributed by atoms with Crippen LogP contribution in [0, 0.1) is 0 Å². The normalized spacial score (nSPS) is 19.4. The summed E-state index contributed by atoms with van der Waals surface area (Å²) in [6, 6.07) is 9.65. The molecule has 1 N–H and O–H groups in total. The minimum absolute atomic E-state index is 0.155. The maximum absolute atomic E-state index is 12.3. The summed E-state index contributed by atoms with van der Waals surface area (Å²) in [5, 5.41) is 5.19. The van der Waals surface area contributed by atoms with E-state index in [4.69, 9.17) is 11.6 Å². The number of fused-ring (bicyclic) bond motifs is 1. The number of hydrogen-bond acceptors (Lipinski definition) is 3. The number of rotatable bonds is 2. The smallest absolute Gasteiger partial charge is 0.270 e.